The molecule has 0 aliphatic heterocycles. The summed E-state index contributed by atoms with van der Waals surface area (Å²) in [5, 5.41) is 0.431. The van der Waals surface area contributed by atoms with Crippen LogP contribution in [-0.2, 0) is 13.2 Å². The lowest BCUT2D eigenvalue weighted by Crippen LogP contribution is -2.29. The molecule has 0 atom stereocenters. The molecule has 2 heterocycles. The molecule has 0 N–H and O–H groups in total. The van der Waals surface area contributed by atoms with Crippen molar-refractivity contribution < 1.29 is 22.5 Å². The van der Waals surface area contributed by atoms with E-state index in [1.807, 2.05) is 0 Å². The Balaban J connectivity index is 2.49. The summed E-state index contributed by atoms with van der Waals surface area (Å²) in [5.74, 6) is 0.499. The minimum absolute atomic E-state index is 0.431. The van der Waals surface area contributed by atoms with Crippen LogP contribution in [0.1, 0.15) is 5.69 Å². The molecule has 2 aromatic heterocycles. The van der Waals surface area contributed by atoms with Gasteiger partial charge in [0.05, 0.1) is 7.11 Å². The highest BCUT2D eigenvalue weighted by atomic mass is 35.5. The Morgan fingerprint density at radius 1 is 1.30 bits per heavy atom. The number of methoxy groups -OCH3 is 1. The second kappa shape index (κ2) is 5.28. The standard InChI is InChI=1S/C13H11ClF3N2O/c1-19-7-10(20-2)9(5-12(19)14)8-3-4-11(18-6-8)13(15,16)17/h3-7H,1-2H3/q+1. The molecule has 3 nitrogen and oxygen atoms in total. The van der Waals surface area contributed by atoms with Crippen LogP contribution in [0.25, 0.3) is 11.1 Å². The molecule has 2 rings (SSSR count). The van der Waals surface area contributed by atoms with Gasteiger partial charge in [-0.3, -0.25) is 4.98 Å². The molecule has 0 fully saturated rings. The third-order valence-electron chi connectivity index (χ3n) is 2.76. The Kier molecular flexibility index (Phi) is 3.85. The van der Waals surface area contributed by atoms with Crippen LogP contribution >= 0.6 is 11.6 Å². The van der Waals surface area contributed by atoms with Crippen molar-refractivity contribution in [3.8, 4) is 16.9 Å². The highest BCUT2D eigenvalue weighted by Crippen LogP contribution is 2.32. The van der Waals surface area contributed by atoms with Gasteiger partial charge in [0.1, 0.15) is 12.7 Å². The van der Waals surface area contributed by atoms with Gasteiger partial charge in [-0.2, -0.15) is 17.7 Å². The average molecular weight is 304 g/mol. The van der Waals surface area contributed by atoms with Gasteiger partial charge in [-0.05, 0) is 17.7 Å². The van der Waals surface area contributed by atoms with Crippen molar-refractivity contribution in [2.75, 3.05) is 7.11 Å². The lowest BCUT2D eigenvalue weighted by atomic mass is 10.1. The third-order valence-corrected chi connectivity index (χ3v) is 3.14. The fourth-order valence-electron chi connectivity index (χ4n) is 1.71. The molecular weight excluding hydrogens is 293 g/mol. The van der Waals surface area contributed by atoms with Crippen molar-refractivity contribution in [2.45, 2.75) is 6.18 Å². The highest BCUT2D eigenvalue weighted by Gasteiger charge is 2.32. The van der Waals surface area contributed by atoms with Gasteiger partial charge >= 0.3 is 6.18 Å². The fraction of sp³-hybridized carbons (Fsp3) is 0.231. The van der Waals surface area contributed by atoms with Gasteiger partial charge in [0.25, 0.3) is 5.15 Å². The number of rotatable bonds is 2. The van der Waals surface area contributed by atoms with Gasteiger partial charge in [-0.1, -0.05) is 6.07 Å². The molecule has 0 aliphatic carbocycles. The smallest absolute Gasteiger partial charge is 0.433 e. The SMILES string of the molecule is COc1c[n+](C)c(Cl)cc1-c1ccc(C(F)(F)F)nc1. The molecule has 0 aromatic carbocycles. The molecule has 0 amide bonds. The van der Waals surface area contributed by atoms with Crippen LogP contribution in [0, 0.1) is 0 Å². The number of nitrogens with zero attached hydrogens (tertiary/aromatic N) is 2. The fourth-order valence-corrected chi connectivity index (χ4v) is 1.87. The summed E-state index contributed by atoms with van der Waals surface area (Å²) >= 11 is 6.00. The van der Waals surface area contributed by atoms with Gasteiger partial charge in [-0.15, -0.1) is 0 Å². The van der Waals surface area contributed by atoms with Crippen LogP contribution < -0.4 is 9.30 Å². The van der Waals surface area contributed by atoms with E-state index >= 15 is 0 Å². The number of alkyl halides is 3. The number of hydrogen-bond donors (Lipinski definition) is 0. The van der Waals surface area contributed by atoms with Crippen LogP contribution in [0.5, 0.6) is 5.75 Å². The third kappa shape index (κ3) is 2.85. The molecule has 0 saturated heterocycles. The van der Waals surface area contributed by atoms with E-state index in [1.54, 1.807) is 23.9 Å². The molecule has 20 heavy (non-hydrogen) atoms. The van der Waals surface area contributed by atoms with Crippen LogP contribution in [0.15, 0.2) is 30.6 Å². The normalized spacial score (nSPS) is 11.5. The molecule has 0 spiro atoms. The van der Waals surface area contributed by atoms with Gasteiger partial charge in [0.15, 0.2) is 5.75 Å². The average Bonchev–Trinajstić information content (AvgIpc) is 2.40. The molecule has 0 unspecified atom stereocenters. The Labute approximate surface area is 118 Å². The zero-order chi connectivity index (χ0) is 14.9. The Morgan fingerprint density at radius 3 is 2.50 bits per heavy atom. The maximum Gasteiger partial charge on any atom is 0.433 e. The van der Waals surface area contributed by atoms with E-state index in [2.05, 4.69) is 4.98 Å². The molecule has 0 aliphatic rings. The second-order valence-corrected chi connectivity index (χ2v) is 4.51. The van der Waals surface area contributed by atoms with Crippen LogP contribution in [0.2, 0.25) is 5.15 Å². The number of hydrogen-bond acceptors (Lipinski definition) is 2. The predicted octanol–water partition coefficient (Wildman–Crippen LogP) is 3.25. The molecule has 7 heteroatoms. The highest BCUT2D eigenvalue weighted by molar-refractivity contribution is 6.28. The quantitative estimate of drug-likeness (QED) is 0.629. The van der Waals surface area contributed by atoms with E-state index in [0.717, 1.165) is 12.3 Å². The molecule has 0 saturated carbocycles. The van der Waals surface area contributed by atoms with Crippen molar-refractivity contribution >= 4 is 11.6 Å². The van der Waals surface area contributed by atoms with E-state index in [0.29, 0.717) is 22.0 Å². The summed E-state index contributed by atoms with van der Waals surface area (Å²) in [4.78, 5) is 3.42. The van der Waals surface area contributed by atoms with E-state index in [-0.39, 0.29) is 0 Å². The monoisotopic (exact) mass is 303 g/mol. The van der Waals surface area contributed by atoms with Crippen LogP contribution in [0.3, 0.4) is 0 Å². The largest absolute Gasteiger partial charge is 0.490 e. The number of pyridine rings is 2. The zero-order valence-electron chi connectivity index (χ0n) is 10.7. The lowest BCUT2D eigenvalue weighted by Gasteiger charge is -2.09. The molecule has 106 valence electrons. The van der Waals surface area contributed by atoms with Gasteiger partial charge < -0.3 is 4.74 Å². The number of aryl methyl sites for hydroxylation is 1. The van der Waals surface area contributed by atoms with Gasteiger partial charge in [-0.25, -0.2) is 0 Å². The van der Waals surface area contributed by atoms with Crippen molar-refractivity contribution in [1.29, 1.82) is 0 Å². The van der Waals surface area contributed by atoms with Gasteiger partial charge in [0.2, 0.25) is 6.20 Å². The Bertz CT molecular complexity index is 627. The van der Waals surface area contributed by atoms with Gasteiger partial charge in [0, 0.05) is 23.4 Å². The Morgan fingerprint density at radius 2 is 2.00 bits per heavy atom. The first-order chi connectivity index (χ1) is 9.32. The maximum atomic E-state index is 12.5. The summed E-state index contributed by atoms with van der Waals surface area (Å²) in [6, 6.07) is 3.88. The summed E-state index contributed by atoms with van der Waals surface area (Å²) in [7, 11) is 3.21. The minimum Gasteiger partial charge on any atom is -0.490 e. The predicted molar refractivity (Wildman–Crippen MR) is 67.4 cm³/mol. The lowest BCUT2D eigenvalue weighted by molar-refractivity contribution is -0.669. The number of ether oxygens (including phenoxy) is 1. The first-order valence-electron chi connectivity index (χ1n) is 5.59. The second-order valence-electron chi connectivity index (χ2n) is 4.12. The summed E-state index contributed by atoms with van der Waals surface area (Å²) < 4.78 is 44.3. The number of aromatic nitrogens is 2. The first-order valence-corrected chi connectivity index (χ1v) is 5.97. The van der Waals surface area contributed by atoms with E-state index in [9.17, 15) is 13.2 Å². The van der Waals surface area contributed by atoms with Crippen molar-refractivity contribution in [3.63, 3.8) is 0 Å². The Hall–Kier alpha value is -1.82. The first kappa shape index (κ1) is 14.6. The summed E-state index contributed by atoms with van der Waals surface area (Å²) in [6.45, 7) is 0. The van der Waals surface area contributed by atoms with Crippen LogP contribution in [-0.4, -0.2) is 12.1 Å². The molecule has 2 aromatic rings. The van der Waals surface area contributed by atoms with E-state index < -0.39 is 11.9 Å². The molecule has 0 bridgehead atoms. The van der Waals surface area contributed by atoms with Crippen LogP contribution in [0.4, 0.5) is 13.2 Å². The van der Waals surface area contributed by atoms with E-state index in [4.69, 9.17) is 16.3 Å². The maximum absolute atomic E-state index is 12.5. The van der Waals surface area contributed by atoms with E-state index in [1.165, 1.54) is 13.2 Å². The molecule has 0 radical (unpaired) electrons. The summed E-state index contributed by atoms with van der Waals surface area (Å²) in [5.41, 5.74) is 0.141. The molecular formula is C13H11ClF3N2O+. The summed E-state index contributed by atoms with van der Waals surface area (Å²) in [6.07, 6.45) is -1.66. The van der Waals surface area contributed by atoms with Crippen molar-refractivity contribution in [2.24, 2.45) is 7.05 Å². The topological polar surface area (TPSA) is 26.0 Å². The van der Waals surface area contributed by atoms with Crippen molar-refractivity contribution in [1.82, 2.24) is 4.98 Å². The minimum atomic E-state index is -4.45. The van der Waals surface area contributed by atoms with Crippen molar-refractivity contribution in [3.05, 3.63) is 41.4 Å². The zero-order valence-corrected chi connectivity index (χ0v) is 11.5. The number of halogens is 4.